The highest BCUT2D eigenvalue weighted by Gasteiger charge is 2.35. The molecule has 0 bridgehead atoms. The molecule has 100 valence electrons. The number of para-hydroxylation sites is 2. The molecule has 0 aliphatic heterocycles. The minimum Gasteiger partial charge on any atom is -0.506 e. The molecule has 0 atom stereocenters. The second-order valence-corrected chi connectivity index (χ2v) is 3.87. The molecule has 2 rings (SSSR count). The molecule has 0 fully saturated rings. The molecule has 0 aliphatic carbocycles. The first-order valence-corrected chi connectivity index (χ1v) is 5.27. The highest BCUT2D eigenvalue weighted by atomic mass is 19.4. The van der Waals surface area contributed by atoms with Gasteiger partial charge in [0.15, 0.2) is 11.5 Å². The fourth-order valence-corrected chi connectivity index (χ4v) is 1.60. The van der Waals surface area contributed by atoms with Crippen molar-refractivity contribution in [2.75, 3.05) is 0 Å². The number of rotatable bonds is 2. The predicted octanol–water partition coefficient (Wildman–Crippen LogP) is 2.80. The largest absolute Gasteiger partial charge is 0.506 e. The van der Waals surface area contributed by atoms with E-state index in [1.54, 1.807) is 0 Å². The molecule has 1 aromatic carbocycles. The molecule has 2 aromatic rings. The Morgan fingerprint density at radius 1 is 1.32 bits per heavy atom. The van der Waals surface area contributed by atoms with E-state index in [4.69, 9.17) is 0 Å². The van der Waals surface area contributed by atoms with E-state index < -0.39 is 17.7 Å². The monoisotopic (exact) mass is 270 g/mol. The smallest absolute Gasteiger partial charge is 0.435 e. The summed E-state index contributed by atoms with van der Waals surface area (Å²) in [4.78, 5) is 11.4. The molecule has 0 radical (unpaired) electrons. The van der Waals surface area contributed by atoms with Crippen LogP contribution in [-0.4, -0.2) is 20.7 Å². The normalized spacial score (nSPS) is 11.6. The fraction of sp³-hybridized carbons (Fsp3) is 0.167. The van der Waals surface area contributed by atoms with E-state index in [0.717, 1.165) is 11.6 Å². The molecule has 0 unspecified atom stereocenters. The molecule has 1 heterocycles. The van der Waals surface area contributed by atoms with Gasteiger partial charge in [-0.2, -0.15) is 18.3 Å². The number of Topliss-reactive ketones (excluding diaryl/α,β-unsaturated/α-hetero) is 1. The maximum Gasteiger partial charge on any atom is 0.435 e. The number of carbonyl (C=O) groups is 1. The van der Waals surface area contributed by atoms with Crippen molar-refractivity contribution in [3.63, 3.8) is 0 Å². The average molecular weight is 270 g/mol. The fourth-order valence-electron chi connectivity index (χ4n) is 1.60. The van der Waals surface area contributed by atoms with E-state index in [-0.39, 0.29) is 17.1 Å². The summed E-state index contributed by atoms with van der Waals surface area (Å²) in [5.74, 6) is -0.840. The van der Waals surface area contributed by atoms with Gasteiger partial charge in [-0.15, -0.1) is 0 Å². The zero-order chi connectivity index (χ0) is 14.2. The van der Waals surface area contributed by atoms with Crippen molar-refractivity contribution in [3.05, 3.63) is 41.7 Å². The van der Waals surface area contributed by atoms with E-state index >= 15 is 0 Å². The highest BCUT2D eigenvalue weighted by Crippen LogP contribution is 2.31. The Morgan fingerprint density at radius 3 is 2.47 bits per heavy atom. The average Bonchev–Trinajstić information content (AvgIpc) is 2.74. The number of halogens is 3. The summed E-state index contributed by atoms with van der Waals surface area (Å²) in [6.45, 7) is 1.13. The van der Waals surface area contributed by atoms with Crippen molar-refractivity contribution in [3.8, 4) is 11.4 Å². The van der Waals surface area contributed by atoms with Gasteiger partial charge in [-0.3, -0.25) is 4.79 Å². The van der Waals surface area contributed by atoms with Crippen LogP contribution in [0.1, 0.15) is 23.1 Å². The third-order valence-electron chi connectivity index (χ3n) is 2.47. The Bertz CT molecular complexity index is 632. The van der Waals surface area contributed by atoms with Crippen molar-refractivity contribution in [1.29, 1.82) is 0 Å². The van der Waals surface area contributed by atoms with Gasteiger partial charge in [0.2, 0.25) is 0 Å². The van der Waals surface area contributed by atoms with Crippen LogP contribution in [0.15, 0.2) is 30.3 Å². The number of phenols is 1. The quantitative estimate of drug-likeness (QED) is 0.854. The van der Waals surface area contributed by atoms with E-state index in [1.165, 1.54) is 24.3 Å². The van der Waals surface area contributed by atoms with Crippen molar-refractivity contribution < 1.29 is 23.1 Å². The standard InChI is InChI=1S/C12H9F3N2O2/c1-7(18)9-6-11(12(13,14)15)16-17(9)8-4-2-3-5-10(8)19/h2-6,19H,1H3. The van der Waals surface area contributed by atoms with Gasteiger partial charge in [0.1, 0.15) is 17.1 Å². The molecule has 0 spiro atoms. The Morgan fingerprint density at radius 2 is 1.95 bits per heavy atom. The minimum atomic E-state index is -4.65. The number of hydrogen-bond donors (Lipinski definition) is 1. The first-order valence-electron chi connectivity index (χ1n) is 5.27. The molecule has 0 saturated heterocycles. The van der Waals surface area contributed by atoms with Gasteiger partial charge in [0, 0.05) is 13.0 Å². The number of alkyl halides is 3. The predicted molar refractivity (Wildman–Crippen MR) is 60.2 cm³/mol. The van der Waals surface area contributed by atoms with Crippen LogP contribution < -0.4 is 0 Å². The summed E-state index contributed by atoms with van der Waals surface area (Å²) in [6, 6.07) is 6.37. The first kappa shape index (κ1) is 13.1. The van der Waals surface area contributed by atoms with Crippen LogP contribution in [0.25, 0.3) is 5.69 Å². The topological polar surface area (TPSA) is 55.1 Å². The SMILES string of the molecule is CC(=O)c1cc(C(F)(F)F)nn1-c1ccccc1O. The summed E-state index contributed by atoms with van der Waals surface area (Å²) < 4.78 is 38.6. The van der Waals surface area contributed by atoms with Gasteiger partial charge in [-0.1, -0.05) is 12.1 Å². The number of phenolic OH excluding ortho intramolecular Hbond substituents is 1. The van der Waals surface area contributed by atoms with Crippen LogP contribution in [0, 0.1) is 0 Å². The summed E-state index contributed by atoms with van der Waals surface area (Å²) in [7, 11) is 0. The van der Waals surface area contributed by atoms with E-state index in [0.29, 0.717) is 6.07 Å². The summed E-state index contributed by atoms with van der Waals surface area (Å²) in [6.07, 6.45) is -4.65. The van der Waals surface area contributed by atoms with Crippen LogP contribution in [0.5, 0.6) is 5.75 Å². The highest BCUT2D eigenvalue weighted by molar-refractivity contribution is 5.93. The molecule has 0 saturated carbocycles. The third kappa shape index (κ3) is 2.44. The lowest BCUT2D eigenvalue weighted by Crippen LogP contribution is -2.08. The number of hydrogen-bond acceptors (Lipinski definition) is 3. The second-order valence-electron chi connectivity index (χ2n) is 3.87. The van der Waals surface area contributed by atoms with Gasteiger partial charge < -0.3 is 5.11 Å². The van der Waals surface area contributed by atoms with E-state index in [9.17, 15) is 23.1 Å². The van der Waals surface area contributed by atoms with Crippen molar-refractivity contribution in [2.45, 2.75) is 13.1 Å². The first-order chi connectivity index (χ1) is 8.80. The summed E-state index contributed by atoms with van der Waals surface area (Å²) in [5.41, 5.74) is -1.40. The summed E-state index contributed by atoms with van der Waals surface area (Å²) >= 11 is 0. The maximum atomic E-state index is 12.6. The lowest BCUT2D eigenvalue weighted by atomic mass is 10.2. The van der Waals surface area contributed by atoms with Gasteiger partial charge in [-0.25, -0.2) is 4.68 Å². The van der Waals surface area contributed by atoms with Crippen molar-refractivity contribution in [2.24, 2.45) is 0 Å². The number of benzene rings is 1. The van der Waals surface area contributed by atoms with E-state index in [1.807, 2.05) is 0 Å². The number of ketones is 1. The molecule has 0 aliphatic rings. The molecule has 19 heavy (non-hydrogen) atoms. The van der Waals surface area contributed by atoms with Crippen LogP contribution in [0.2, 0.25) is 0 Å². The second kappa shape index (κ2) is 4.42. The maximum absolute atomic E-state index is 12.6. The van der Waals surface area contributed by atoms with Gasteiger partial charge in [-0.05, 0) is 12.1 Å². The van der Waals surface area contributed by atoms with Crippen LogP contribution in [0.3, 0.4) is 0 Å². The molecule has 4 nitrogen and oxygen atoms in total. The molecule has 1 aromatic heterocycles. The van der Waals surface area contributed by atoms with E-state index in [2.05, 4.69) is 5.10 Å². The van der Waals surface area contributed by atoms with Gasteiger partial charge in [0.25, 0.3) is 0 Å². The Kier molecular flexibility index (Phi) is 3.05. The molecule has 7 heteroatoms. The molecular formula is C12H9F3N2O2. The third-order valence-corrected chi connectivity index (χ3v) is 2.47. The number of carbonyl (C=O) groups excluding carboxylic acids is 1. The van der Waals surface area contributed by atoms with Crippen LogP contribution >= 0.6 is 0 Å². The Labute approximate surface area is 106 Å². The number of aromatic nitrogens is 2. The zero-order valence-electron chi connectivity index (χ0n) is 9.77. The number of nitrogens with zero attached hydrogens (tertiary/aromatic N) is 2. The van der Waals surface area contributed by atoms with Crippen molar-refractivity contribution in [1.82, 2.24) is 9.78 Å². The molecule has 0 amide bonds. The van der Waals surface area contributed by atoms with Crippen molar-refractivity contribution >= 4 is 5.78 Å². The lowest BCUT2D eigenvalue weighted by Gasteiger charge is -2.07. The van der Waals surface area contributed by atoms with Gasteiger partial charge >= 0.3 is 6.18 Å². The molecular weight excluding hydrogens is 261 g/mol. The zero-order valence-corrected chi connectivity index (χ0v) is 9.77. The van der Waals surface area contributed by atoms with Crippen LogP contribution in [0.4, 0.5) is 13.2 Å². The number of aromatic hydroxyl groups is 1. The lowest BCUT2D eigenvalue weighted by molar-refractivity contribution is -0.141. The Hall–Kier alpha value is -2.31. The Balaban J connectivity index is 2.66. The summed E-state index contributed by atoms with van der Waals surface area (Å²) in [5, 5.41) is 13.0. The minimum absolute atomic E-state index is 0.0169. The van der Waals surface area contributed by atoms with Crippen LogP contribution in [-0.2, 0) is 6.18 Å². The van der Waals surface area contributed by atoms with Gasteiger partial charge in [0.05, 0.1) is 0 Å². The molecule has 1 N–H and O–H groups in total.